The first-order valence-corrected chi connectivity index (χ1v) is 10.6. The lowest BCUT2D eigenvalue weighted by Gasteiger charge is -2.19. The van der Waals surface area contributed by atoms with Gasteiger partial charge in [-0.25, -0.2) is 0 Å². The van der Waals surface area contributed by atoms with Gasteiger partial charge in [0.05, 0.1) is 19.1 Å². The smallest absolute Gasteiger partial charge is 0.238 e. The Kier molecular flexibility index (Phi) is 8.60. The van der Waals surface area contributed by atoms with Crippen molar-refractivity contribution >= 4 is 17.5 Å². The van der Waals surface area contributed by atoms with Crippen molar-refractivity contribution in [2.75, 3.05) is 25.5 Å². The highest BCUT2D eigenvalue weighted by Gasteiger charge is 2.14. The fourth-order valence-corrected chi connectivity index (χ4v) is 3.41. The van der Waals surface area contributed by atoms with Crippen LogP contribution in [-0.4, -0.2) is 36.9 Å². The summed E-state index contributed by atoms with van der Waals surface area (Å²) in [5, 5.41) is 5.94. The molecular formula is C25H35N3O2. The normalized spacial score (nSPS) is 12.1. The van der Waals surface area contributed by atoms with Crippen molar-refractivity contribution in [1.29, 1.82) is 0 Å². The van der Waals surface area contributed by atoms with Crippen molar-refractivity contribution in [3.8, 4) is 0 Å². The Balaban J connectivity index is 1.82. The van der Waals surface area contributed by atoms with E-state index in [9.17, 15) is 9.59 Å². The SMILES string of the molecule is Cc1cccc(NC(=O)CN(C)CC(=O)NC(C)c2ccc(CC(C)C)cc2)c1C. The molecule has 0 aliphatic rings. The van der Waals surface area contributed by atoms with E-state index in [2.05, 4.69) is 48.7 Å². The van der Waals surface area contributed by atoms with E-state index in [1.165, 1.54) is 5.56 Å². The number of carbonyl (C=O) groups excluding carboxylic acids is 2. The minimum Gasteiger partial charge on any atom is -0.348 e. The van der Waals surface area contributed by atoms with Gasteiger partial charge in [-0.3, -0.25) is 14.5 Å². The number of hydrogen-bond acceptors (Lipinski definition) is 3. The summed E-state index contributed by atoms with van der Waals surface area (Å²) in [5.41, 5.74) is 5.38. The summed E-state index contributed by atoms with van der Waals surface area (Å²) in [4.78, 5) is 26.5. The first kappa shape index (κ1) is 23.6. The van der Waals surface area contributed by atoms with Crippen molar-refractivity contribution < 1.29 is 9.59 Å². The van der Waals surface area contributed by atoms with Crippen LogP contribution in [0.25, 0.3) is 0 Å². The van der Waals surface area contributed by atoms with E-state index in [0.717, 1.165) is 28.8 Å². The molecule has 2 amide bonds. The van der Waals surface area contributed by atoms with E-state index in [1.54, 1.807) is 11.9 Å². The van der Waals surface area contributed by atoms with Crippen molar-refractivity contribution in [3.63, 3.8) is 0 Å². The van der Waals surface area contributed by atoms with Crippen LogP contribution in [0.1, 0.15) is 49.1 Å². The second-order valence-corrected chi connectivity index (χ2v) is 8.60. The monoisotopic (exact) mass is 409 g/mol. The number of benzene rings is 2. The van der Waals surface area contributed by atoms with E-state index < -0.39 is 0 Å². The van der Waals surface area contributed by atoms with Crippen LogP contribution in [0.5, 0.6) is 0 Å². The number of nitrogens with one attached hydrogen (secondary N) is 2. The molecule has 0 heterocycles. The Morgan fingerprint density at radius 3 is 2.20 bits per heavy atom. The van der Waals surface area contributed by atoms with Crippen molar-refractivity contribution in [2.45, 2.75) is 47.1 Å². The van der Waals surface area contributed by atoms with E-state index in [1.807, 2.05) is 39.0 Å². The lowest BCUT2D eigenvalue weighted by atomic mass is 10.00. The van der Waals surface area contributed by atoms with Gasteiger partial charge in [0.25, 0.3) is 0 Å². The maximum absolute atomic E-state index is 12.4. The van der Waals surface area contributed by atoms with Gasteiger partial charge in [0, 0.05) is 5.69 Å². The van der Waals surface area contributed by atoms with Crippen molar-refractivity contribution in [2.24, 2.45) is 5.92 Å². The first-order chi connectivity index (χ1) is 14.2. The average molecular weight is 410 g/mol. The molecule has 0 aliphatic carbocycles. The molecular weight excluding hydrogens is 374 g/mol. The van der Waals surface area contributed by atoms with Gasteiger partial charge in [-0.05, 0) is 68.5 Å². The molecule has 30 heavy (non-hydrogen) atoms. The van der Waals surface area contributed by atoms with Crippen LogP contribution in [-0.2, 0) is 16.0 Å². The van der Waals surface area contributed by atoms with Crippen molar-refractivity contribution in [3.05, 3.63) is 64.7 Å². The zero-order chi connectivity index (χ0) is 22.3. The van der Waals surface area contributed by atoms with E-state index in [-0.39, 0.29) is 30.9 Å². The molecule has 1 unspecified atom stereocenters. The minimum absolute atomic E-state index is 0.0808. The van der Waals surface area contributed by atoms with Gasteiger partial charge in [-0.2, -0.15) is 0 Å². The molecule has 0 saturated heterocycles. The van der Waals surface area contributed by atoms with Gasteiger partial charge in [0.1, 0.15) is 0 Å². The summed E-state index contributed by atoms with van der Waals surface area (Å²) in [7, 11) is 1.77. The summed E-state index contributed by atoms with van der Waals surface area (Å²) >= 11 is 0. The molecule has 2 aromatic rings. The summed E-state index contributed by atoms with van der Waals surface area (Å²) < 4.78 is 0. The second kappa shape index (κ2) is 10.9. The van der Waals surface area contributed by atoms with E-state index >= 15 is 0 Å². The number of rotatable bonds is 9. The predicted octanol–water partition coefficient (Wildman–Crippen LogP) is 4.25. The summed E-state index contributed by atoms with van der Waals surface area (Å²) in [6.45, 7) is 10.7. The molecule has 0 saturated carbocycles. The molecule has 162 valence electrons. The minimum atomic E-state index is -0.132. The molecule has 0 bridgehead atoms. The molecule has 2 rings (SSSR count). The molecule has 0 fully saturated rings. The van der Waals surface area contributed by atoms with E-state index in [4.69, 9.17) is 0 Å². The summed E-state index contributed by atoms with van der Waals surface area (Å²) in [6, 6.07) is 14.1. The van der Waals surface area contributed by atoms with E-state index in [0.29, 0.717) is 5.92 Å². The van der Waals surface area contributed by atoms with Gasteiger partial charge in [0.2, 0.25) is 11.8 Å². The molecule has 1 atom stereocenters. The number of anilines is 1. The average Bonchev–Trinajstić information content (AvgIpc) is 2.65. The largest absolute Gasteiger partial charge is 0.348 e. The van der Waals surface area contributed by atoms with Gasteiger partial charge >= 0.3 is 0 Å². The number of nitrogens with zero attached hydrogens (tertiary/aromatic N) is 1. The number of likely N-dealkylation sites (N-methyl/N-ethyl adjacent to an activating group) is 1. The Morgan fingerprint density at radius 1 is 0.933 bits per heavy atom. The fraction of sp³-hybridized carbons (Fsp3) is 0.440. The van der Waals surface area contributed by atoms with Crippen LogP contribution in [0.4, 0.5) is 5.69 Å². The Hall–Kier alpha value is -2.66. The highest BCUT2D eigenvalue weighted by atomic mass is 16.2. The topological polar surface area (TPSA) is 61.4 Å². The third kappa shape index (κ3) is 7.30. The van der Waals surface area contributed by atoms with Crippen LogP contribution in [0.3, 0.4) is 0 Å². The van der Waals surface area contributed by atoms with Gasteiger partial charge in [-0.1, -0.05) is 50.2 Å². The van der Waals surface area contributed by atoms with Gasteiger partial charge in [0.15, 0.2) is 0 Å². The maximum Gasteiger partial charge on any atom is 0.238 e. The number of hydrogen-bond donors (Lipinski definition) is 2. The number of amides is 2. The van der Waals surface area contributed by atoms with Gasteiger partial charge < -0.3 is 10.6 Å². The molecule has 2 aromatic carbocycles. The van der Waals surface area contributed by atoms with Crippen LogP contribution < -0.4 is 10.6 Å². The number of aryl methyl sites for hydroxylation is 1. The van der Waals surface area contributed by atoms with Crippen LogP contribution in [0.15, 0.2) is 42.5 Å². The lowest BCUT2D eigenvalue weighted by Crippen LogP contribution is -2.39. The molecule has 5 nitrogen and oxygen atoms in total. The maximum atomic E-state index is 12.4. The summed E-state index contributed by atoms with van der Waals surface area (Å²) in [6.07, 6.45) is 1.05. The molecule has 0 radical (unpaired) electrons. The molecule has 0 spiro atoms. The number of carbonyl (C=O) groups is 2. The summed E-state index contributed by atoms with van der Waals surface area (Å²) in [5.74, 6) is 0.388. The Morgan fingerprint density at radius 2 is 1.57 bits per heavy atom. The lowest BCUT2D eigenvalue weighted by molar-refractivity contribution is -0.123. The molecule has 0 aromatic heterocycles. The second-order valence-electron chi connectivity index (χ2n) is 8.60. The third-order valence-corrected chi connectivity index (χ3v) is 5.21. The zero-order valence-corrected chi connectivity index (χ0v) is 19.1. The van der Waals surface area contributed by atoms with Crippen LogP contribution >= 0.6 is 0 Å². The quantitative estimate of drug-likeness (QED) is 0.651. The highest BCUT2D eigenvalue weighted by Crippen LogP contribution is 2.18. The van der Waals surface area contributed by atoms with Crippen molar-refractivity contribution in [1.82, 2.24) is 10.2 Å². The van der Waals surface area contributed by atoms with Crippen LogP contribution in [0.2, 0.25) is 0 Å². The predicted molar refractivity (Wildman–Crippen MR) is 124 cm³/mol. The zero-order valence-electron chi connectivity index (χ0n) is 19.1. The van der Waals surface area contributed by atoms with Crippen LogP contribution in [0, 0.1) is 19.8 Å². The highest BCUT2D eigenvalue weighted by molar-refractivity contribution is 5.93. The first-order valence-electron chi connectivity index (χ1n) is 10.6. The third-order valence-electron chi connectivity index (χ3n) is 5.21. The molecule has 5 heteroatoms. The Labute approximate surface area is 180 Å². The van der Waals surface area contributed by atoms with Gasteiger partial charge in [-0.15, -0.1) is 0 Å². The Bertz CT molecular complexity index is 859. The molecule has 2 N–H and O–H groups in total. The fourth-order valence-electron chi connectivity index (χ4n) is 3.41. The molecule has 0 aliphatic heterocycles. The standard InChI is InChI=1S/C25H35N3O2/c1-17(2)14-21-10-12-22(13-11-21)20(5)26-24(29)15-28(6)16-25(30)27-23-9-7-8-18(3)19(23)4/h7-13,17,20H,14-16H2,1-6H3,(H,26,29)(H,27,30).